The van der Waals surface area contributed by atoms with Gasteiger partial charge in [0.25, 0.3) is 5.91 Å². The molecule has 8 heteroatoms. The van der Waals surface area contributed by atoms with E-state index < -0.39 is 29.1 Å². The van der Waals surface area contributed by atoms with Crippen molar-refractivity contribution in [2.24, 2.45) is 0 Å². The molecule has 154 valence electrons. The minimum atomic E-state index is -1.00. The summed E-state index contributed by atoms with van der Waals surface area (Å²) in [7, 11) is 1.22. The zero-order valence-electron chi connectivity index (χ0n) is 16.0. The van der Waals surface area contributed by atoms with Crippen molar-refractivity contribution < 1.29 is 27.9 Å². The van der Waals surface area contributed by atoms with Crippen LogP contribution in [0.5, 0.6) is 0 Å². The van der Waals surface area contributed by atoms with Crippen LogP contribution in [-0.4, -0.2) is 24.8 Å². The number of allylic oxidation sites excluding steroid dienone is 3. The fourth-order valence-corrected chi connectivity index (χ4v) is 3.12. The molecule has 0 heterocycles. The normalized spacial score (nSPS) is 12.8. The zero-order valence-corrected chi connectivity index (χ0v) is 16.0. The molecule has 2 aromatic carbocycles. The van der Waals surface area contributed by atoms with Crippen LogP contribution in [0.2, 0.25) is 0 Å². The van der Waals surface area contributed by atoms with Gasteiger partial charge in [-0.1, -0.05) is 30.4 Å². The van der Waals surface area contributed by atoms with Crippen molar-refractivity contribution in [3.8, 4) is 0 Å². The molecule has 30 heavy (non-hydrogen) atoms. The first kappa shape index (κ1) is 20.9. The number of halogens is 2. The lowest BCUT2D eigenvalue weighted by Gasteiger charge is -2.13. The van der Waals surface area contributed by atoms with Crippen LogP contribution in [0.4, 0.5) is 14.5 Å². The number of para-hydroxylation sites is 1. The number of Topliss-reactive ketones (excluding diaryl/α,β-unsaturated/α-hetero) is 1. The number of nitrogens with one attached hydrogen (secondary N) is 1. The number of esters is 1. The summed E-state index contributed by atoms with van der Waals surface area (Å²) >= 11 is 0. The zero-order chi connectivity index (χ0) is 21.8. The highest BCUT2D eigenvalue weighted by Crippen LogP contribution is 2.24. The second-order valence-corrected chi connectivity index (χ2v) is 6.49. The Kier molecular flexibility index (Phi) is 6.06. The van der Waals surface area contributed by atoms with Crippen molar-refractivity contribution in [3.05, 3.63) is 88.1 Å². The Bertz CT molecular complexity index is 1090. The molecule has 0 unspecified atom stereocenters. The summed E-state index contributed by atoms with van der Waals surface area (Å²) in [6, 6.07) is 7.76. The van der Waals surface area contributed by atoms with Gasteiger partial charge >= 0.3 is 5.97 Å². The van der Waals surface area contributed by atoms with Gasteiger partial charge in [-0.05, 0) is 30.2 Å². The fraction of sp³-hybridized carbons (Fsp3) is 0.136. The highest BCUT2D eigenvalue weighted by atomic mass is 19.1. The number of hydrogen-bond donors (Lipinski definition) is 2. The van der Waals surface area contributed by atoms with Crippen molar-refractivity contribution in [3.63, 3.8) is 0 Å². The van der Waals surface area contributed by atoms with Crippen LogP contribution in [0, 0.1) is 11.6 Å². The molecule has 1 aliphatic rings. The first-order chi connectivity index (χ1) is 14.3. The molecule has 1 aliphatic carbocycles. The maximum atomic E-state index is 13.8. The van der Waals surface area contributed by atoms with Gasteiger partial charge in [0, 0.05) is 23.4 Å². The minimum absolute atomic E-state index is 0.124. The lowest BCUT2D eigenvalue weighted by atomic mass is 9.98. The number of ketones is 1. The number of ether oxygens (including phenoxy) is 1. The van der Waals surface area contributed by atoms with E-state index in [0.717, 1.165) is 18.2 Å². The predicted octanol–water partition coefficient (Wildman–Crippen LogP) is 3.09. The van der Waals surface area contributed by atoms with Crippen LogP contribution in [0.25, 0.3) is 0 Å². The maximum absolute atomic E-state index is 13.8. The molecule has 0 aliphatic heterocycles. The molecular formula is C22H18F2N2O4. The third-order valence-electron chi connectivity index (χ3n) is 4.63. The van der Waals surface area contributed by atoms with Gasteiger partial charge in [-0.3, -0.25) is 9.59 Å². The average Bonchev–Trinajstić information content (AvgIpc) is 3.17. The number of nitrogens with two attached hydrogens (primary N) is 1. The van der Waals surface area contributed by atoms with Crippen molar-refractivity contribution in [2.45, 2.75) is 12.8 Å². The van der Waals surface area contributed by atoms with Gasteiger partial charge in [-0.25, -0.2) is 13.6 Å². The lowest BCUT2D eigenvalue weighted by Crippen LogP contribution is -2.27. The summed E-state index contributed by atoms with van der Waals surface area (Å²) in [6.45, 7) is 0. The average molecular weight is 412 g/mol. The first-order valence-corrected chi connectivity index (χ1v) is 8.98. The Labute approximate surface area is 171 Å². The summed E-state index contributed by atoms with van der Waals surface area (Å²) in [5.41, 5.74) is 6.30. The quantitative estimate of drug-likeness (QED) is 0.561. The molecule has 2 aromatic rings. The van der Waals surface area contributed by atoms with E-state index in [9.17, 15) is 23.2 Å². The van der Waals surface area contributed by atoms with Crippen LogP contribution < -0.4 is 11.1 Å². The van der Waals surface area contributed by atoms with Gasteiger partial charge in [0.05, 0.1) is 12.7 Å². The van der Waals surface area contributed by atoms with E-state index in [2.05, 4.69) is 10.1 Å². The van der Waals surface area contributed by atoms with Crippen molar-refractivity contribution >= 4 is 23.3 Å². The van der Waals surface area contributed by atoms with Crippen molar-refractivity contribution in [1.82, 2.24) is 5.32 Å². The second kappa shape index (κ2) is 8.69. The molecule has 6 nitrogen and oxygen atoms in total. The van der Waals surface area contributed by atoms with E-state index in [-0.39, 0.29) is 34.7 Å². The maximum Gasteiger partial charge on any atom is 0.339 e. The SMILES string of the molecule is COC(=O)c1cccc(CC(=O)C2=CCC=C2NC(=O)c2c(F)cccc2F)c1N. The summed E-state index contributed by atoms with van der Waals surface area (Å²) in [6.07, 6.45) is 3.39. The number of amides is 1. The molecule has 0 fully saturated rings. The summed E-state index contributed by atoms with van der Waals surface area (Å²) in [4.78, 5) is 36.9. The standard InChI is InChI=1S/C22H18F2N2O4/c1-30-22(29)14-7-2-5-12(20(14)25)11-18(27)13-6-3-10-17(13)26-21(28)19-15(23)8-4-9-16(19)24/h2,4-10H,3,11,25H2,1H3,(H,26,28). The van der Waals surface area contributed by atoms with Gasteiger partial charge in [0.15, 0.2) is 5.78 Å². The van der Waals surface area contributed by atoms with E-state index >= 15 is 0 Å². The number of anilines is 1. The Morgan fingerprint density at radius 1 is 1.07 bits per heavy atom. The number of carbonyl (C=O) groups excluding carboxylic acids is 3. The number of methoxy groups -OCH3 is 1. The van der Waals surface area contributed by atoms with Crippen LogP contribution >= 0.6 is 0 Å². The van der Waals surface area contributed by atoms with Crippen LogP contribution in [0.3, 0.4) is 0 Å². The Balaban J connectivity index is 1.77. The third-order valence-corrected chi connectivity index (χ3v) is 4.63. The van der Waals surface area contributed by atoms with Crippen LogP contribution in [0.1, 0.15) is 32.7 Å². The van der Waals surface area contributed by atoms with E-state index in [1.54, 1.807) is 24.3 Å². The number of benzene rings is 2. The molecule has 3 N–H and O–H groups in total. The molecule has 0 saturated heterocycles. The van der Waals surface area contributed by atoms with Gasteiger partial charge in [0.2, 0.25) is 0 Å². The molecule has 0 spiro atoms. The van der Waals surface area contributed by atoms with E-state index in [1.165, 1.54) is 13.2 Å². The first-order valence-electron chi connectivity index (χ1n) is 8.98. The number of carbonyl (C=O) groups is 3. The summed E-state index contributed by atoms with van der Waals surface area (Å²) in [5, 5.41) is 2.39. The molecule has 1 amide bonds. The third kappa shape index (κ3) is 4.12. The second-order valence-electron chi connectivity index (χ2n) is 6.49. The number of nitrogen functional groups attached to an aromatic ring is 1. The van der Waals surface area contributed by atoms with Gasteiger partial charge < -0.3 is 15.8 Å². The molecule has 0 aromatic heterocycles. The van der Waals surface area contributed by atoms with E-state index in [0.29, 0.717) is 12.0 Å². The molecule has 0 atom stereocenters. The number of rotatable bonds is 6. The largest absolute Gasteiger partial charge is 0.465 e. The van der Waals surface area contributed by atoms with Crippen molar-refractivity contribution in [2.75, 3.05) is 12.8 Å². The molecule has 3 rings (SSSR count). The highest BCUT2D eigenvalue weighted by Gasteiger charge is 2.24. The van der Waals surface area contributed by atoms with Crippen molar-refractivity contribution in [1.29, 1.82) is 0 Å². The van der Waals surface area contributed by atoms with Crippen LogP contribution in [0.15, 0.2) is 59.8 Å². The Hall–Kier alpha value is -3.81. The lowest BCUT2D eigenvalue weighted by molar-refractivity contribution is -0.114. The smallest absolute Gasteiger partial charge is 0.339 e. The summed E-state index contributed by atoms with van der Waals surface area (Å²) < 4.78 is 32.3. The Morgan fingerprint density at radius 2 is 1.73 bits per heavy atom. The molecule has 0 radical (unpaired) electrons. The topological polar surface area (TPSA) is 98.5 Å². The van der Waals surface area contributed by atoms with E-state index in [4.69, 9.17) is 5.73 Å². The Morgan fingerprint density at radius 3 is 2.40 bits per heavy atom. The molecular weight excluding hydrogens is 394 g/mol. The highest BCUT2D eigenvalue weighted by molar-refractivity contribution is 6.05. The van der Waals surface area contributed by atoms with Gasteiger partial charge in [-0.15, -0.1) is 0 Å². The summed E-state index contributed by atoms with van der Waals surface area (Å²) in [5.74, 6) is -4.00. The minimum Gasteiger partial charge on any atom is -0.465 e. The molecule has 0 bridgehead atoms. The van der Waals surface area contributed by atoms with Crippen LogP contribution in [-0.2, 0) is 16.0 Å². The molecule has 0 saturated carbocycles. The number of hydrogen-bond acceptors (Lipinski definition) is 5. The fourth-order valence-electron chi connectivity index (χ4n) is 3.12. The van der Waals surface area contributed by atoms with Gasteiger partial charge in [-0.2, -0.15) is 0 Å². The van der Waals surface area contributed by atoms with Gasteiger partial charge in [0.1, 0.15) is 17.2 Å². The monoisotopic (exact) mass is 412 g/mol. The predicted molar refractivity (Wildman–Crippen MR) is 106 cm³/mol. The van der Waals surface area contributed by atoms with E-state index in [1.807, 2.05) is 0 Å².